The summed E-state index contributed by atoms with van der Waals surface area (Å²) in [4.78, 5) is 18.7. The molecule has 1 aromatic rings. The zero-order valence-electron chi connectivity index (χ0n) is 12.7. The second kappa shape index (κ2) is 6.83. The van der Waals surface area contributed by atoms with Gasteiger partial charge in [0.15, 0.2) is 0 Å². The molecular weight excluding hydrogens is 254 g/mol. The van der Waals surface area contributed by atoms with Gasteiger partial charge in [0, 0.05) is 13.5 Å². The van der Waals surface area contributed by atoms with Gasteiger partial charge in [-0.1, -0.05) is 6.92 Å². The standard InChI is InChI=1S/C14H25N5O/c1-4-19-7-5-12(6-8-19)9-13(20)17-11(2)14-15-10-16-18(14)3/h10-12H,4-9H2,1-3H3,(H,17,20)/t11-/m0/s1. The fourth-order valence-electron chi connectivity index (χ4n) is 2.83. The number of hydrogen-bond donors (Lipinski definition) is 1. The minimum absolute atomic E-state index is 0.0919. The fourth-order valence-corrected chi connectivity index (χ4v) is 2.83. The first-order valence-electron chi connectivity index (χ1n) is 7.45. The first kappa shape index (κ1) is 15.0. The van der Waals surface area contributed by atoms with Gasteiger partial charge in [0.25, 0.3) is 0 Å². The highest BCUT2D eigenvalue weighted by Crippen LogP contribution is 2.20. The number of nitrogens with one attached hydrogen (secondary N) is 1. The van der Waals surface area contributed by atoms with Gasteiger partial charge in [0.05, 0.1) is 6.04 Å². The largest absolute Gasteiger partial charge is 0.346 e. The van der Waals surface area contributed by atoms with E-state index in [0.29, 0.717) is 12.3 Å². The van der Waals surface area contributed by atoms with Crippen LogP contribution in [0.3, 0.4) is 0 Å². The lowest BCUT2D eigenvalue weighted by molar-refractivity contribution is -0.123. The number of piperidine rings is 1. The zero-order valence-corrected chi connectivity index (χ0v) is 12.7. The van der Waals surface area contributed by atoms with Gasteiger partial charge in [-0.05, 0) is 45.3 Å². The van der Waals surface area contributed by atoms with Crippen molar-refractivity contribution in [3.63, 3.8) is 0 Å². The Morgan fingerprint density at radius 2 is 2.20 bits per heavy atom. The highest BCUT2D eigenvalue weighted by atomic mass is 16.1. The van der Waals surface area contributed by atoms with E-state index in [4.69, 9.17) is 0 Å². The van der Waals surface area contributed by atoms with Crippen LogP contribution in [0.15, 0.2) is 6.33 Å². The van der Waals surface area contributed by atoms with E-state index < -0.39 is 0 Å². The lowest BCUT2D eigenvalue weighted by Crippen LogP contribution is -2.36. The normalized spacial score (nSPS) is 18.9. The Morgan fingerprint density at radius 1 is 1.50 bits per heavy atom. The molecule has 0 spiro atoms. The summed E-state index contributed by atoms with van der Waals surface area (Å²) in [7, 11) is 1.84. The van der Waals surface area contributed by atoms with Gasteiger partial charge < -0.3 is 10.2 Å². The van der Waals surface area contributed by atoms with E-state index in [-0.39, 0.29) is 11.9 Å². The van der Waals surface area contributed by atoms with Crippen LogP contribution in [-0.4, -0.2) is 45.2 Å². The highest BCUT2D eigenvalue weighted by Gasteiger charge is 2.22. The second-order valence-corrected chi connectivity index (χ2v) is 5.61. The van der Waals surface area contributed by atoms with Crippen LogP contribution in [0.1, 0.15) is 45.0 Å². The van der Waals surface area contributed by atoms with E-state index in [9.17, 15) is 4.79 Å². The highest BCUT2D eigenvalue weighted by molar-refractivity contribution is 5.76. The topological polar surface area (TPSA) is 63.1 Å². The maximum Gasteiger partial charge on any atom is 0.220 e. The molecule has 1 aromatic heterocycles. The molecule has 0 unspecified atom stereocenters. The van der Waals surface area contributed by atoms with E-state index >= 15 is 0 Å². The Labute approximate surface area is 120 Å². The maximum atomic E-state index is 12.1. The minimum Gasteiger partial charge on any atom is -0.346 e. The van der Waals surface area contributed by atoms with E-state index in [2.05, 4.69) is 27.2 Å². The molecule has 20 heavy (non-hydrogen) atoms. The Hall–Kier alpha value is -1.43. The lowest BCUT2D eigenvalue weighted by atomic mass is 9.93. The van der Waals surface area contributed by atoms with Crippen molar-refractivity contribution in [1.29, 1.82) is 0 Å². The number of hydrogen-bond acceptors (Lipinski definition) is 4. The van der Waals surface area contributed by atoms with Gasteiger partial charge in [-0.25, -0.2) is 4.98 Å². The van der Waals surface area contributed by atoms with Gasteiger partial charge in [-0.3, -0.25) is 9.48 Å². The van der Waals surface area contributed by atoms with E-state index in [1.54, 1.807) is 4.68 Å². The predicted molar refractivity (Wildman–Crippen MR) is 77.0 cm³/mol. The van der Waals surface area contributed by atoms with Gasteiger partial charge in [0.2, 0.25) is 5.91 Å². The molecule has 1 aliphatic rings. The summed E-state index contributed by atoms with van der Waals surface area (Å²) < 4.78 is 1.70. The number of nitrogens with zero attached hydrogens (tertiary/aromatic N) is 4. The Balaban J connectivity index is 1.77. The molecule has 1 saturated heterocycles. The zero-order chi connectivity index (χ0) is 14.5. The van der Waals surface area contributed by atoms with Gasteiger partial charge in [0.1, 0.15) is 12.2 Å². The SMILES string of the molecule is CCN1CCC(CC(=O)N[C@@H](C)c2ncnn2C)CC1. The van der Waals surface area contributed by atoms with Crippen LogP contribution in [0.4, 0.5) is 0 Å². The Morgan fingerprint density at radius 3 is 2.75 bits per heavy atom. The number of aryl methyl sites for hydroxylation is 1. The summed E-state index contributed by atoms with van der Waals surface area (Å²) in [5.74, 6) is 1.43. The Bertz CT molecular complexity index is 437. The summed E-state index contributed by atoms with van der Waals surface area (Å²) in [6.45, 7) is 7.49. The van der Waals surface area contributed by atoms with Gasteiger partial charge in [-0.2, -0.15) is 5.10 Å². The first-order chi connectivity index (χ1) is 9.60. The van der Waals surface area contributed by atoms with Crippen LogP contribution in [-0.2, 0) is 11.8 Å². The van der Waals surface area contributed by atoms with Crippen LogP contribution in [0.25, 0.3) is 0 Å². The molecular formula is C14H25N5O. The van der Waals surface area contributed by atoms with Crippen molar-refractivity contribution in [2.24, 2.45) is 13.0 Å². The Kier molecular flexibility index (Phi) is 5.11. The molecule has 112 valence electrons. The third-order valence-electron chi connectivity index (χ3n) is 4.14. The van der Waals surface area contributed by atoms with Gasteiger partial charge >= 0.3 is 0 Å². The number of carbonyl (C=O) groups excluding carboxylic acids is 1. The average Bonchev–Trinajstić information content (AvgIpc) is 2.86. The average molecular weight is 279 g/mol. The molecule has 0 saturated carbocycles. The number of likely N-dealkylation sites (tertiary alicyclic amines) is 1. The molecule has 1 atom stereocenters. The van der Waals surface area contributed by atoms with Crippen LogP contribution in [0.2, 0.25) is 0 Å². The quantitative estimate of drug-likeness (QED) is 0.877. The number of carbonyl (C=O) groups is 1. The third-order valence-corrected chi connectivity index (χ3v) is 4.14. The molecule has 2 rings (SSSR count). The number of amides is 1. The van der Waals surface area contributed by atoms with Gasteiger partial charge in [-0.15, -0.1) is 0 Å². The molecule has 2 heterocycles. The molecule has 1 amide bonds. The molecule has 0 radical (unpaired) electrons. The third kappa shape index (κ3) is 3.79. The first-order valence-corrected chi connectivity index (χ1v) is 7.45. The summed E-state index contributed by atoms with van der Waals surface area (Å²) >= 11 is 0. The van der Waals surface area contributed by atoms with E-state index in [1.165, 1.54) is 6.33 Å². The minimum atomic E-state index is -0.0919. The predicted octanol–water partition coefficient (Wildman–Crippen LogP) is 1.11. The van der Waals surface area contributed by atoms with E-state index in [0.717, 1.165) is 38.3 Å². The van der Waals surface area contributed by atoms with Crippen molar-refractivity contribution in [3.05, 3.63) is 12.2 Å². The second-order valence-electron chi connectivity index (χ2n) is 5.61. The lowest BCUT2D eigenvalue weighted by Gasteiger charge is -2.30. The monoisotopic (exact) mass is 279 g/mol. The fraction of sp³-hybridized carbons (Fsp3) is 0.786. The molecule has 1 N–H and O–H groups in total. The van der Waals surface area contributed by atoms with Crippen molar-refractivity contribution in [3.8, 4) is 0 Å². The van der Waals surface area contributed by atoms with E-state index in [1.807, 2.05) is 14.0 Å². The summed E-state index contributed by atoms with van der Waals surface area (Å²) in [6.07, 6.45) is 4.39. The van der Waals surface area contributed by atoms with Crippen molar-refractivity contribution >= 4 is 5.91 Å². The number of aromatic nitrogens is 3. The maximum absolute atomic E-state index is 12.1. The van der Waals surface area contributed by atoms with Crippen LogP contribution in [0, 0.1) is 5.92 Å². The molecule has 6 nitrogen and oxygen atoms in total. The molecule has 0 bridgehead atoms. The van der Waals surface area contributed by atoms with Crippen LogP contribution < -0.4 is 5.32 Å². The molecule has 6 heteroatoms. The van der Waals surface area contributed by atoms with Crippen molar-refractivity contribution in [2.75, 3.05) is 19.6 Å². The molecule has 0 aliphatic carbocycles. The summed E-state index contributed by atoms with van der Waals surface area (Å²) in [5.41, 5.74) is 0. The molecule has 1 fully saturated rings. The van der Waals surface area contributed by atoms with Crippen molar-refractivity contribution in [2.45, 2.75) is 39.2 Å². The summed E-state index contributed by atoms with van der Waals surface area (Å²) in [5, 5.41) is 7.05. The molecule has 0 aromatic carbocycles. The smallest absolute Gasteiger partial charge is 0.220 e. The van der Waals surface area contributed by atoms with Crippen LogP contribution >= 0.6 is 0 Å². The summed E-state index contributed by atoms with van der Waals surface area (Å²) in [6, 6.07) is -0.0919. The van der Waals surface area contributed by atoms with Crippen LogP contribution in [0.5, 0.6) is 0 Å². The van der Waals surface area contributed by atoms with Crippen molar-refractivity contribution < 1.29 is 4.79 Å². The number of rotatable bonds is 5. The van der Waals surface area contributed by atoms with Crippen molar-refractivity contribution in [1.82, 2.24) is 25.0 Å². The molecule has 1 aliphatic heterocycles.